The molecule has 0 unspecified atom stereocenters. The van der Waals surface area contributed by atoms with E-state index in [9.17, 15) is 0 Å². The van der Waals surface area contributed by atoms with Gasteiger partial charge in [-0.25, -0.2) is 9.97 Å². The third-order valence-electron chi connectivity index (χ3n) is 5.43. The number of rotatable bonds is 8. The first-order valence-corrected chi connectivity index (χ1v) is 11.9. The van der Waals surface area contributed by atoms with Crippen LogP contribution in [0, 0.1) is 0 Å². The van der Waals surface area contributed by atoms with E-state index in [0.717, 1.165) is 18.4 Å². The van der Waals surface area contributed by atoms with Crippen LogP contribution in [0.2, 0.25) is 10.0 Å². The van der Waals surface area contributed by atoms with E-state index in [4.69, 9.17) is 44.9 Å². The number of benzene rings is 2. The van der Waals surface area contributed by atoms with Crippen LogP contribution in [0.15, 0.2) is 36.7 Å². The minimum atomic E-state index is 0.297. The molecule has 0 bridgehead atoms. The molecule has 1 saturated heterocycles. The van der Waals surface area contributed by atoms with Gasteiger partial charge in [-0.1, -0.05) is 29.3 Å². The van der Waals surface area contributed by atoms with Gasteiger partial charge in [0.15, 0.2) is 16.6 Å². The van der Waals surface area contributed by atoms with E-state index < -0.39 is 0 Å². The number of aromatic nitrogens is 2. The lowest BCUT2D eigenvalue weighted by Crippen LogP contribution is -2.22. The smallest absolute Gasteiger partial charge is 0.176 e. The SMILES string of the molecule is COc1cc2c(NC(=S)Nc3c(Cl)cccc3Cl)ncnc2cc1OCCCN1CCCC1. The van der Waals surface area contributed by atoms with Crippen LogP contribution in [0.25, 0.3) is 10.9 Å². The van der Waals surface area contributed by atoms with Gasteiger partial charge in [-0.05, 0) is 62.8 Å². The summed E-state index contributed by atoms with van der Waals surface area (Å²) in [6, 6.07) is 8.94. The van der Waals surface area contributed by atoms with Crippen molar-refractivity contribution in [2.24, 2.45) is 0 Å². The predicted octanol–water partition coefficient (Wildman–Crippen LogP) is 5.62. The highest BCUT2D eigenvalue weighted by atomic mass is 35.5. The molecule has 1 aliphatic rings. The van der Waals surface area contributed by atoms with Gasteiger partial charge in [0, 0.05) is 18.0 Å². The van der Waals surface area contributed by atoms with Crippen LogP contribution in [0.4, 0.5) is 11.5 Å². The molecule has 7 nitrogen and oxygen atoms in total. The van der Waals surface area contributed by atoms with Crippen LogP contribution >= 0.6 is 35.4 Å². The van der Waals surface area contributed by atoms with Crippen LogP contribution in [0.3, 0.4) is 0 Å². The number of anilines is 2. The summed E-state index contributed by atoms with van der Waals surface area (Å²) in [7, 11) is 1.61. The summed E-state index contributed by atoms with van der Waals surface area (Å²) in [5.41, 5.74) is 1.24. The molecule has 2 aromatic carbocycles. The number of nitrogens with zero attached hydrogens (tertiary/aromatic N) is 3. The molecule has 3 aromatic rings. The van der Waals surface area contributed by atoms with Crippen molar-refractivity contribution in [1.29, 1.82) is 0 Å². The molecule has 4 rings (SSSR count). The number of hydrogen-bond donors (Lipinski definition) is 2. The van der Waals surface area contributed by atoms with Crippen LogP contribution < -0.4 is 20.1 Å². The first-order valence-electron chi connectivity index (χ1n) is 10.7. The second-order valence-electron chi connectivity index (χ2n) is 7.67. The van der Waals surface area contributed by atoms with Crippen molar-refractivity contribution in [3.8, 4) is 11.5 Å². The van der Waals surface area contributed by atoms with Crippen molar-refractivity contribution in [2.45, 2.75) is 19.3 Å². The van der Waals surface area contributed by atoms with E-state index in [1.165, 1.54) is 32.3 Å². The van der Waals surface area contributed by atoms with E-state index in [1.807, 2.05) is 12.1 Å². The fraction of sp³-hybridized carbons (Fsp3) is 0.348. The summed E-state index contributed by atoms with van der Waals surface area (Å²) in [6.07, 6.45) is 5.02. The highest BCUT2D eigenvalue weighted by Crippen LogP contribution is 2.34. The monoisotopic (exact) mass is 505 g/mol. The Labute approximate surface area is 208 Å². The lowest BCUT2D eigenvalue weighted by atomic mass is 10.2. The number of hydrogen-bond acceptors (Lipinski definition) is 6. The Morgan fingerprint density at radius 3 is 2.58 bits per heavy atom. The zero-order valence-corrected chi connectivity index (χ0v) is 20.6. The molecule has 1 aromatic heterocycles. The van der Waals surface area contributed by atoms with Crippen molar-refractivity contribution < 1.29 is 9.47 Å². The number of likely N-dealkylation sites (tertiary alicyclic amines) is 1. The van der Waals surface area contributed by atoms with Crippen LogP contribution in [-0.4, -0.2) is 53.3 Å². The Morgan fingerprint density at radius 1 is 1.09 bits per heavy atom. The molecule has 33 heavy (non-hydrogen) atoms. The van der Waals surface area contributed by atoms with Crippen molar-refractivity contribution in [1.82, 2.24) is 14.9 Å². The topological polar surface area (TPSA) is 71.5 Å². The summed E-state index contributed by atoms with van der Waals surface area (Å²) >= 11 is 17.9. The fourth-order valence-corrected chi connectivity index (χ4v) is 4.47. The Hall–Kier alpha value is -2.39. The third kappa shape index (κ3) is 5.95. The van der Waals surface area contributed by atoms with E-state index in [-0.39, 0.29) is 0 Å². The lowest BCUT2D eigenvalue weighted by molar-refractivity contribution is 0.254. The molecule has 1 fully saturated rings. The predicted molar refractivity (Wildman–Crippen MR) is 138 cm³/mol. The number of halogens is 2. The molecule has 10 heteroatoms. The van der Waals surface area contributed by atoms with Crippen molar-refractivity contribution in [3.63, 3.8) is 0 Å². The van der Waals surface area contributed by atoms with Gasteiger partial charge in [0.25, 0.3) is 0 Å². The van der Waals surface area contributed by atoms with Gasteiger partial charge in [-0.3, -0.25) is 0 Å². The van der Waals surface area contributed by atoms with Crippen LogP contribution in [-0.2, 0) is 0 Å². The van der Waals surface area contributed by atoms with Crippen LogP contribution in [0.1, 0.15) is 19.3 Å². The van der Waals surface area contributed by atoms with E-state index in [0.29, 0.717) is 50.3 Å². The Morgan fingerprint density at radius 2 is 1.85 bits per heavy atom. The molecule has 174 valence electrons. The van der Waals surface area contributed by atoms with Crippen molar-refractivity contribution in [3.05, 3.63) is 46.7 Å². The van der Waals surface area contributed by atoms with E-state index in [2.05, 4.69) is 25.5 Å². The van der Waals surface area contributed by atoms with Crippen LogP contribution in [0.5, 0.6) is 11.5 Å². The third-order valence-corrected chi connectivity index (χ3v) is 6.26. The Bertz CT molecular complexity index is 1120. The molecule has 2 heterocycles. The van der Waals surface area contributed by atoms with E-state index >= 15 is 0 Å². The molecule has 0 amide bonds. The molecular weight excluding hydrogens is 481 g/mol. The Kier molecular flexibility index (Phi) is 8.03. The molecule has 1 aliphatic heterocycles. The maximum atomic E-state index is 6.22. The standard InChI is InChI=1S/C23H25Cl2N5O2S/c1-31-19-12-15-18(13-20(19)32-11-5-10-30-8-2-3-9-30)26-14-27-22(15)29-23(33)28-21-16(24)6-4-7-17(21)25/h4,6-7,12-14H,2-3,5,8-11H2,1H3,(H2,26,27,28,29,33). The zero-order chi connectivity index (χ0) is 23.2. The summed E-state index contributed by atoms with van der Waals surface area (Å²) in [4.78, 5) is 11.2. The zero-order valence-electron chi connectivity index (χ0n) is 18.2. The van der Waals surface area contributed by atoms with Gasteiger partial charge in [0.05, 0.1) is 35.0 Å². The minimum Gasteiger partial charge on any atom is -0.493 e. The van der Waals surface area contributed by atoms with Gasteiger partial charge >= 0.3 is 0 Å². The normalized spacial score (nSPS) is 13.8. The quantitative estimate of drug-likeness (QED) is 0.302. The van der Waals surface area contributed by atoms with Gasteiger partial charge in [0.1, 0.15) is 12.1 Å². The number of para-hydroxylation sites is 1. The number of fused-ring (bicyclic) bond motifs is 1. The summed E-state index contributed by atoms with van der Waals surface area (Å²) in [5, 5.41) is 8.09. The molecule has 0 radical (unpaired) electrons. The molecular formula is C23H25Cl2N5O2S. The molecule has 0 saturated carbocycles. The molecule has 0 spiro atoms. The maximum Gasteiger partial charge on any atom is 0.176 e. The molecule has 2 N–H and O–H groups in total. The lowest BCUT2D eigenvalue weighted by Gasteiger charge is -2.16. The first kappa shape index (κ1) is 23.8. The summed E-state index contributed by atoms with van der Waals surface area (Å²) < 4.78 is 11.6. The molecule has 0 aliphatic carbocycles. The number of methoxy groups -OCH3 is 1. The first-order chi connectivity index (χ1) is 16.0. The number of ether oxygens (including phenoxy) is 2. The largest absolute Gasteiger partial charge is 0.493 e. The van der Waals surface area contributed by atoms with Crippen molar-refractivity contribution in [2.75, 3.05) is 44.0 Å². The van der Waals surface area contributed by atoms with Gasteiger partial charge in [-0.15, -0.1) is 0 Å². The fourth-order valence-electron chi connectivity index (χ4n) is 3.78. The maximum absolute atomic E-state index is 6.22. The van der Waals surface area contributed by atoms with Gasteiger partial charge in [0.2, 0.25) is 0 Å². The highest BCUT2D eigenvalue weighted by Gasteiger charge is 2.15. The minimum absolute atomic E-state index is 0.297. The average Bonchev–Trinajstić information content (AvgIpc) is 3.32. The van der Waals surface area contributed by atoms with E-state index in [1.54, 1.807) is 25.3 Å². The summed E-state index contributed by atoms with van der Waals surface area (Å²) in [5.74, 6) is 1.79. The number of nitrogens with one attached hydrogen (secondary N) is 2. The second kappa shape index (κ2) is 11.2. The second-order valence-corrected chi connectivity index (χ2v) is 8.89. The molecule has 0 atom stereocenters. The summed E-state index contributed by atoms with van der Waals surface area (Å²) in [6.45, 7) is 4.03. The average molecular weight is 506 g/mol. The highest BCUT2D eigenvalue weighted by molar-refractivity contribution is 7.80. The van der Waals surface area contributed by atoms with Gasteiger partial charge < -0.3 is 25.0 Å². The Balaban J connectivity index is 1.47. The van der Waals surface area contributed by atoms with Crippen molar-refractivity contribution >= 4 is 62.9 Å². The van der Waals surface area contributed by atoms with Gasteiger partial charge in [-0.2, -0.15) is 0 Å². The number of thiocarbonyl (C=S) groups is 1.